The minimum absolute atomic E-state index is 0.0396. The number of aryl methyl sites for hydroxylation is 3. The van der Waals surface area contributed by atoms with Gasteiger partial charge in [0.1, 0.15) is 5.82 Å². The molecule has 0 aliphatic rings. The van der Waals surface area contributed by atoms with Crippen molar-refractivity contribution < 1.29 is 0 Å². The fourth-order valence-corrected chi connectivity index (χ4v) is 3.48. The van der Waals surface area contributed by atoms with Gasteiger partial charge in [-0.1, -0.05) is 41.1 Å². The van der Waals surface area contributed by atoms with Gasteiger partial charge in [0, 0.05) is 11.8 Å². The number of benzene rings is 1. The molecular formula is C13H17N3S2. The average molecular weight is 279 g/mol. The van der Waals surface area contributed by atoms with Crippen molar-refractivity contribution in [3.8, 4) is 0 Å². The standard InChI is InChI=1S/C13H17N3S2/c1-8-4-9(2)6-11(5-8)12(14)7-17-13-15-10(3)16-18-13/h4-6,12H,7,14H2,1-3H3. The van der Waals surface area contributed by atoms with Crippen molar-refractivity contribution >= 4 is 23.3 Å². The summed E-state index contributed by atoms with van der Waals surface area (Å²) in [5, 5.41) is 0. The zero-order valence-corrected chi connectivity index (χ0v) is 12.4. The molecule has 0 saturated heterocycles. The lowest BCUT2D eigenvalue weighted by Crippen LogP contribution is -2.13. The zero-order chi connectivity index (χ0) is 13.1. The van der Waals surface area contributed by atoms with Gasteiger partial charge in [-0.2, -0.15) is 4.37 Å². The number of thioether (sulfide) groups is 1. The third kappa shape index (κ3) is 3.54. The molecule has 0 aliphatic heterocycles. The van der Waals surface area contributed by atoms with E-state index in [0.29, 0.717) is 0 Å². The Bertz CT molecular complexity index is 517. The summed E-state index contributed by atoms with van der Waals surface area (Å²) in [6, 6.07) is 6.52. The van der Waals surface area contributed by atoms with Crippen LogP contribution in [0.3, 0.4) is 0 Å². The fourth-order valence-electron chi connectivity index (χ4n) is 1.82. The predicted octanol–water partition coefficient (Wildman–Crippen LogP) is 3.26. The van der Waals surface area contributed by atoms with Gasteiger partial charge in [0.05, 0.1) is 0 Å². The first-order chi connectivity index (χ1) is 8.54. The van der Waals surface area contributed by atoms with E-state index in [2.05, 4.69) is 41.4 Å². The monoisotopic (exact) mass is 279 g/mol. The minimum Gasteiger partial charge on any atom is -0.323 e. The topological polar surface area (TPSA) is 51.8 Å². The highest BCUT2D eigenvalue weighted by Crippen LogP contribution is 2.25. The zero-order valence-electron chi connectivity index (χ0n) is 10.8. The third-order valence-corrected chi connectivity index (χ3v) is 4.61. The smallest absolute Gasteiger partial charge is 0.170 e. The summed E-state index contributed by atoms with van der Waals surface area (Å²) in [6.07, 6.45) is 0. The van der Waals surface area contributed by atoms with Crippen LogP contribution >= 0.6 is 23.3 Å². The largest absolute Gasteiger partial charge is 0.323 e. The Hall–Kier alpha value is -0.910. The van der Waals surface area contributed by atoms with Crippen molar-refractivity contribution in [2.45, 2.75) is 31.2 Å². The number of nitrogens with zero attached hydrogens (tertiary/aromatic N) is 2. The minimum atomic E-state index is 0.0396. The van der Waals surface area contributed by atoms with Gasteiger partial charge in [0.2, 0.25) is 0 Å². The molecule has 96 valence electrons. The number of rotatable bonds is 4. The van der Waals surface area contributed by atoms with Crippen LogP contribution in [-0.2, 0) is 0 Å². The van der Waals surface area contributed by atoms with Gasteiger partial charge in [-0.05, 0) is 37.9 Å². The van der Waals surface area contributed by atoms with Crippen molar-refractivity contribution in [1.82, 2.24) is 9.36 Å². The lowest BCUT2D eigenvalue weighted by molar-refractivity contribution is 0.828. The first kappa shape index (κ1) is 13.5. The molecule has 1 heterocycles. The van der Waals surface area contributed by atoms with E-state index < -0.39 is 0 Å². The molecule has 0 spiro atoms. The lowest BCUT2D eigenvalue weighted by atomic mass is 10.0. The molecule has 1 atom stereocenters. The number of hydrogen-bond donors (Lipinski definition) is 1. The fraction of sp³-hybridized carbons (Fsp3) is 0.385. The normalized spacial score (nSPS) is 12.7. The van der Waals surface area contributed by atoms with E-state index in [9.17, 15) is 0 Å². The molecule has 5 heteroatoms. The Kier molecular flexibility index (Phi) is 4.37. The van der Waals surface area contributed by atoms with Crippen LogP contribution in [0.5, 0.6) is 0 Å². The maximum atomic E-state index is 6.22. The molecule has 1 aromatic carbocycles. The van der Waals surface area contributed by atoms with Crippen molar-refractivity contribution in [3.05, 3.63) is 40.7 Å². The number of hydrogen-bond acceptors (Lipinski definition) is 5. The van der Waals surface area contributed by atoms with Crippen LogP contribution < -0.4 is 5.73 Å². The Labute approximate surface area is 116 Å². The first-order valence-electron chi connectivity index (χ1n) is 5.81. The molecule has 18 heavy (non-hydrogen) atoms. The molecule has 0 radical (unpaired) electrons. The van der Waals surface area contributed by atoms with Gasteiger partial charge in [0.25, 0.3) is 0 Å². The highest BCUT2D eigenvalue weighted by Gasteiger charge is 2.09. The van der Waals surface area contributed by atoms with E-state index in [1.54, 1.807) is 11.8 Å². The van der Waals surface area contributed by atoms with Gasteiger partial charge in [-0.15, -0.1) is 0 Å². The maximum absolute atomic E-state index is 6.22. The second-order valence-electron chi connectivity index (χ2n) is 4.45. The molecule has 2 N–H and O–H groups in total. The van der Waals surface area contributed by atoms with E-state index in [4.69, 9.17) is 5.73 Å². The Morgan fingerprint density at radius 3 is 2.44 bits per heavy atom. The molecule has 3 nitrogen and oxygen atoms in total. The summed E-state index contributed by atoms with van der Waals surface area (Å²) in [7, 11) is 0. The van der Waals surface area contributed by atoms with Crippen LogP contribution in [0, 0.1) is 20.8 Å². The lowest BCUT2D eigenvalue weighted by Gasteiger charge is -2.12. The Balaban J connectivity index is 2.01. The third-order valence-electron chi connectivity index (χ3n) is 2.57. The van der Waals surface area contributed by atoms with Gasteiger partial charge in [-0.3, -0.25) is 0 Å². The van der Waals surface area contributed by atoms with Gasteiger partial charge in [-0.25, -0.2) is 4.98 Å². The second kappa shape index (κ2) is 5.82. The quantitative estimate of drug-likeness (QED) is 0.873. The Morgan fingerprint density at radius 2 is 1.89 bits per heavy atom. The van der Waals surface area contributed by atoms with Crippen LogP contribution in [0.25, 0.3) is 0 Å². The highest BCUT2D eigenvalue weighted by atomic mass is 32.2. The van der Waals surface area contributed by atoms with E-state index in [-0.39, 0.29) is 6.04 Å². The number of aromatic nitrogens is 2. The van der Waals surface area contributed by atoms with Crippen LogP contribution in [0.15, 0.2) is 22.5 Å². The molecule has 0 amide bonds. The van der Waals surface area contributed by atoms with E-state index in [1.807, 2.05) is 6.92 Å². The molecule has 1 aromatic heterocycles. The summed E-state index contributed by atoms with van der Waals surface area (Å²) < 4.78 is 5.16. The Morgan fingerprint density at radius 1 is 1.22 bits per heavy atom. The predicted molar refractivity (Wildman–Crippen MR) is 78.2 cm³/mol. The second-order valence-corrected chi connectivity index (χ2v) is 6.47. The van der Waals surface area contributed by atoms with Crippen LogP contribution in [0.2, 0.25) is 0 Å². The van der Waals surface area contributed by atoms with Gasteiger partial charge in [0.15, 0.2) is 4.34 Å². The summed E-state index contributed by atoms with van der Waals surface area (Å²) in [5.74, 6) is 1.67. The summed E-state index contributed by atoms with van der Waals surface area (Å²) >= 11 is 3.12. The molecule has 2 rings (SSSR count). The van der Waals surface area contributed by atoms with Crippen molar-refractivity contribution in [3.63, 3.8) is 0 Å². The molecule has 0 fully saturated rings. The average Bonchev–Trinajstić information content (AvgIpc) is 2.70. The van der Waals surface area contributed by atoms with E-state index in [0.717, 1.165) is 15.9 Å². The molecular weight excluding hydrogens is 262 g/mol. The molecule has 0 saturated carbocycles. The van der Waals surface area contributed by atoms with Gasteiger partial charge < -0.3 is 5.73 Å². The van der Waals surface area contributed by atoms with Crippen molar-refractivity contribution in [2.24, 2.45) is 5.73 Å². The van der Waals surface area contributed by atoms with Gasteiger partial charge >= 0.3 is 0 Å². The summed E-state index contributed by atoms with van der Waals surface area (Å²) in [5.41, 5.74) is 9.94. The van der Waals surface area contributed by atoms with Crippen molar-refractivity contribution in [2.75, 3.05) is 5.75 Å². The van der Waals surface area contributed by atoms with E-state index >= 15 is 0 Å². The molecule has 2 aromatic rings. The van der Waals surface area contributed by atoms with Crippen LogP contribution in [-0.4, -0.2) is 15.1 Å². The summed E-state index contributed by atoms with van der Waals surface area (Å²) in [6.45, 7) is 6.11. The van der Waals surface area contributed by atoms with Crippen molar-refractivity contribution in [1.29, 1.82) is 0 Å². The highest BCUT2D eigenvalue weighted by molar-refractivity contribution is 8.00. The molecule has 0 aliphatic carbocycles. The molecule has 1 unspecified atom stereocenters. The SMILES string of the molecule is Cc1cc(C)cc(C(N)CSc2nc(C)ns2)c1. The first-order valence-corrected chi connectivity index (χ1v) is 7.57. The van der Waals surface area contributed by atoms with Crippen LogP contribution in [0.1, 0.15) is 28.6 Å². The molecule has 0 bridgehead atoms. The maximum Gasteiger partial charge on any atom is 0.170 e. The van der Waals surface area contributed by atoms with E-state index in [1.165, 1.54) is 28.2 Å². The van der Waals surface area contributed by atoms with Crippen LogP contribution in [0.4, 0.5) is 0 Å². The number of nitrogens with two attached hydrogens (primary N) is 1. The summed E-state index contributed by atoms with van der Waals surface area (Å²) in [4.78, 5) is 4.33.